The smallest absolute Gasteiger partial charge is 0.336 e. The number of rotatable bonds is 5. The van der Waals surface area contributed by atoms with Gasteiger partial charge in [0.2, 0.25) is 0 Å². The molecule has 2 atom stereocenters. The van der Waals surface area contributed by atoms with Crippen molar-refractivity contribution < 1.29 is 19.1 Å². The number of carbonyl (C=O) groups excluding carboxylic acids is 2. The molecule has 26 heavy (non-hydrogen) atoms. The number of allylic oxidation sites excluding steroid dienone is 1. The maximum Gasteiger partial charge on any atom is 0.336 e. The van der Waals surface area contributed by atoms with E-state index in [1.54, 1.807) is 32.0 Å². The van der Waals surface area contributed by atoms with Crippen molar-refractivity contribution in [3.05, 3.63) is 45.1 Å². The van der Waals surface area contributed by atoms with Gasteiger partial charge in [0, 0.05) is 21.7 Å². The second-order valence-corrected chi connectivity index (χ2v) is 6.72. The van der Waals surface area contributed by atoms with Gasteiger partial charge in [-0.25, -0.2) is 4.79 Å². The number of ether oxygens (including phenoxy) is 2. The normalized spacial score (nSPS) is 19.8. The van der Waals surface area contributed by atoms with E-state index in [0.717, 1.165) is 0 Å². The number of alkyl halides is 1. The van der Waals surface area contributed by atoms with Crippen LogP contribution >= 0.6 is 34.8 Å². The van der Waals surface area contributed by atoms with E-state index < -0.39 is 23.8 Å². The van der Waals surface area contributed by atoms with Crippen LogP contribution in [0.25, 0.3) is 0 Å². The van der Waals surface area contributed by atoms with E-state index in [9.17, 15) is 9.59 Å². The van der Waals surface area contributed by atoms with E-state index in [4.69, 9.17) is 44.3 Å². The van der Waals surface area contributed by atoms with Crippen LogP contribution in [-0.2, 0) is 19.1 Å². The number of halogens is 3. The van der Waals surface area contributed by atoms with Crippen molar-refractivity contribution in [2.24, 2.45) is 10.9 Å². The molecular weight excluding hydrogens is 401 g/mol. The molecule has 1 aromatic carbocycles. The maximum atomic E-state index is 12.7. The third-order valence-electron chi connectivity index (χ3n) is 4.09. The van der Waals surface area contributed by atoms with Crippen molar-refractivity contribution in [3.8, 4) is 0 Å². The highest BCUT2D eigenvalue weighted by molar-refractivity contribution is 6.35. The number of aliphatic imine (C=N–C) groups is 1. The molecule has 1 aliphatic heterocycles. The topological polar surface area (TPSA) is 65.0 Å². The molecule has 0 fully saturated rings. The number of hydrogen-bond acceptors (Lipinski definition) is 5. The highest BCUT2D eigenvalue weighted by atomic mass is 35.5. The minimum atomic E-state index is -0.829. The molecule has 0 spiro atoms. The monoisotopic (exact) mass is 417 g/mol. The Morgan fingerprint density at radius 2 is 1.96 bits per heavy atom. The molecule has 1 aliphatic rings. The fourth-order valence-corrected chi connectivity index (χ4v) is 3.74. The lowest BCUT2D eigenvalue weighted by molar-refractivity contribution is -0.144. The molecule has 2 unspecified atom stereocenters. The van der Waals surface area contributed by atoms with Gasteiger partial charge in [-0.05, 0) is 31.5 Å². The van der Waals surface area contributed by atoms with Gasteiger partial charge < -0.3 is 9.47 Å². The fraction of sp³-hybridized carbons (Fsp3) is 0.389. The van der Waals surface area contributed by atoms with Gasteiger partial charge in [0.25, 0.3) is 0 Å². The Kier molecular flexibility index (Phi) is 7.09. The van der Waals surface area contributed by atoms with Gasteiger partial charge in [0.1, 0.15) is 5.92 Å². The second-order valence-electron chi connectivity index (χ2n) is 5.61. The molecule has 0 radical (unpaired) electrons. The van der Waals surface area contributed by atoms with Gasteiger partial charge in [-0.2, -0.15) is 0 Å². The predicted molar refractivity (Wildman–Crippen MR) is 102 cm³/mol. The first-order valence-corrected chi connectivity index (χ1v) is 9.18. The van der Waals surface area contributed by atoms with Gasteiger partial charge in [-0.1, -0.05) is 29.3 Å². The lowest BCUT2D eigenvalue weighted by Gasteiger charge is -2.32. The van der Waals surface area contributed by atoms with E-state index in [0.29, 0.717) is 27.0 Å². The molecule has 5 nitrogen and oxygen atoms in total. The Morgan fingerprint density at radius 3 is 2.50 bits per heavy atom. The SMILES string of the molecule is CCOC(=O)C1=C(CCl)N=C(C)C(C(=O)OC)C1c1ccc(Cl)cc1Cl. The number of benzene rings is 1. The van der Waals surface area contributed by atoms with Crippen LogP contribution in [0.1, 0.15) is 25.3 Å². The predicted octanol–water partition coefficient (Wildman–Crippen LogP) is 4.40. The van der Waals surface area contributed by atoms with E-state index in [1.165, 1.54) is 7.11 Å². The summed E-state index contributed by atoms with van der Waals surface area (Å²) in [7, 11) is 1.28. The van der Waals surface area contributed by atoms with Crippen LogP contribution in [0.3, 0.4) is 0 Å². The Balaban J connectivity index is 2.74. The van der Waals surface area contributed by atoms with Gasteiger partial charge in [-0.15, -0.1) is 11.6 Å². The highest BCUT2D eigenvalue weighted by Crippen LogP contribution is 2.43. The summed E-state index contributed by atoms with van der Waals surface area (Å²) >= 11 is 18.4. The summed E-state index contributed by atoms with van der Waals surface area (Å²) in [6, 6.07) is 4.87. The van der Waals surface area contributed by atoms with Crippen molar-refractivity contribution in [3.63, 3.8) is 0 Å². The second kappa shape index (κ2) is 8.89. The van der Waals surface area contributed by atoms with Crippen LogP contribution in [0, 0.1) is 5.92 Å². The van der Waals surface area contributed by atoms with Crippen LogP contribution in [0.2, 0.25) is 10.0 Å². The third kappa shape index (κ3) is 4.05. The molecule has 0 aromatic heterocycles. The van der Waals surface area contributed by atoms with Crippen molar-refractivity contribution in [2.75, 3.05) is 19.6 Å². The fourth-order valence-electron chi connectivity index (χ4n) is 3.01. The van der Waals surface area contributed by atoms with Crippen LogP contribution in [0.15, 0.2) is 34.5 Å². The summed E-state index contributed by atoms with van der Waals surface area (Å²) in [5, 5.41) is 0.760. The molecule has 0 aliphatic carbocycles. The van der Waals surface area contributed by atoms with E-state index >= 15 is 0 Å². The van der Waals surface area contributed by atoms with Crippen LogP contribution in [0.5, 0.6) is 0 Å². The summed E-state index contributed by atoms with van der Waals surface area (Å²) in [6.45, 7) is 3.55. The number of carbonyl (C=O) groups is 2. The zero-order chi connectivity index (χ0) is 19.4. The van der Waals surface area contributed by atoms with Crippen molar-refractivity contribution >= 4 is 52.5 Å². The Bertz CT molecular complexity index is 789. The van der Waals surface area contributed by atoms with Gasteiger partial charge in [-0.3, -0.25) is 9.79 Å². The van der Waals surface area contributed by atoms with Gasteiger partial charge in [0.15, 0.2) is 0 Å². The molecule has 0 saturated heterocycles. The van der Waals surface area contributed by atoms with E-state index in [1.807, 2.05) is 0 Å². The number of nitrogens with zero attached hydrogens (tertiary/aromatic N) is 1. The van der Waals surface area contributed by atoms with E-state index in [-0.39, 0.29) is 18.1 Å². The number of methoxy groups -OCH3 is 1. The zero-order valence-electron chi connectivity index (χ0n) is 14.5. The molecule has 8 heteroatoms. The molecule has 140 valence electrons. The number of esters is 2. The molecule has 1 heterocycles. The molecule has 2 rings (SSSR count). The minimum absolute atomic E-state index is 0.0128. The van der Waals surface area contributed by atoms with E-state index in [2.05, 4.69) is 4.99 Å². The lowest BCUT2D eigenvalue weighted by Crippen LogP contribution is -2.36. The zero-order valence-corrected chi connectivity index (χ0v) is 16.8. The summed E-state index contributed by atoms with van der Waals surface area (Å²) < 4.78 is 10.1. The average molecular weight is 419 g/mol. The van der Waals surface area contributed by atoms with Crippen LogP contribution in [-0.4, -0.2) is 37.2 Å². The standard InChI is InChI=1S/C18H18Cl3NO4/c1-4-26-18(24)16-13(8-19)22-9(2)14(17(23)25-3)15(16)11-6-5-10(20)7-12(11)21/h5-7,14-15H,4,8H2,1-3H3. The van der Waals surface area contributed by atoms with Crippen LogP contribution < -0.4 is 0 Å². The Morgan fingerprint density at radius 1 is 1.27 bits per heavy atom. The molecule has 0 saturated carbocycles. The Hall–Kier alpha value is -1.56. The average Bonchev–Trinajstić information content (AvgIpc) is 2.60. The van der Waals surface area contributed by atoms with Crippen molar-refractivity contribution in [1.82, 2.24) is 0 Å². The van der Waals surface area contributed by atoms with Crippen molar-refractivity contribution in [2.45, 2.75) is 19.8 Å². The van der Waals surface area contributed by atoms with Gasteiger partial charge >= 0.3 is 11.9 Å². The quantitative estimate of drug-likeness (QED) is 0.525. The number of hydrogen-bond donors (Lipinski definition) is 0. The molecule has 0 N–H and O–H groups in total. The summed E-state index contributed by atoms with van der Waals surface area (Å²) in [4.78, 5) is 29.5. The first-order chi connectivity index (χ1) is 12.3. The molecule has 0 amide bonds. The maximum absolute atomic E-state index is 12.7. The largest absolute Gasteiger partial charge is 0.468 e. The first kappa shape index (κ1) is 20.7. The Labute approximate surface area is 166 Å². The molecule has 1 aromatic rings. The molecular formula is C18H18Cl3NO4. The summed E-state index contributed by atoms with van der Waals surface area (Å²) in [6.07, 6.45) is 0. The van der Waals surface area contributed by atoms with Crippen LogP contribution in [0.4, 0.5) is 0 Å². The summed E-state index contributed by atoms with van der Waals surface area (Å²) in [5.41, 5.74) is 1.58. The highest BCUT2D eigenvalue weighted by Gasteiger charge is 2.43. The third-order valence-corrected chi connectivity index (χ3v) is 4.91. The minimum Gasteiger partial charge on any atom is -0.468 e. The summed E-state index contributed by atoms with van der Waals surface area (Å²) in [5.74, 6) is -2.70. The lowest BCUT2D eigenvalue weighted by atomic mass is 9.75. The van der Waals surface area contributed by atoms with Gasteiger partial charge in [0.05, 0.1) is 30.9 Å². The first-order valence-electron chi connectivity index (χ1n) is 7.89. The van der Waals surface area contributed by atoms with Crippen molar-refractivity contribution in [1.29, 1.82) is 0 Å². The molecule has 0 bridgehead atoms.